The van der Waals surface area contributed by atoms with Crippen molar-refractivity contribution in [1.82, 2.24) is 0 Å². The van der Waals surface area contributed by atoms with E-state index in [2.05, 4.69) is 5.32 Å². The molecule has 0 heterocycles. The van der Waals surface area contributed by atoms with Crippen LogP contribution in [0.2, 0.25) is 0 Å². The molecule has 1 aliphatic rings. The second-order valence-corrected chi connectivity index (χ2v) is 3.93. The highest BCUT2D eigenvalue weighted by molar-refractivity contribution is 5.98. The molecule has 0 unspecified atom stereocenters. The third kappa shape index (κ3) is 2.26. The molecule has 1 fully saturated rings. The smallest absolute Gasteiger partial charge is 0.307 e. The average molecular weight is 230 g/mol. The summed E-state index contributed by atoms with van der Waals surface area (Å²) in [5, 5.41) is 20.1. The lowest BCUT2D eigenvalue weighted by molar-refractivity contribution is -0.139. The quantitative estimate of drug-likeness (QED) is 0.816. The van der Waals surface area contributed by atoms with Crippen LogP contribution in [-0.4, -0.2) is 17.0 Å². The van der Waals surface area contributed by atoms with E-state index in [0.717, 1.165) is 0 Å². The summed E-state index contributed by atoms with van der Waals surface area (Å²) in [7, 11) is 0. The van der Waals surface area contributed by atoms with Gasteiger partial charge in [0, 0.05) is 0 Å². The van der Waals surface area contributed by atoms with Gasteiger partial charge in [-0.1, -0.05) is 12.1 Å². The van der Waals surface area contributed by atoms with E-state index in [0.29, 0.717) is 17.7 Å². The fourth-order valence-corrected chi connectivity index (χ4v) is 1.67. The fraction of sp³-hybridized carbons (Fsp3) is 0.250. The van der Waals surface area contributed by atoms with Gasteiger partial charge in [0.1, 0.15) is 6.07 Å². The van der Waals surface area contributed by atoms with Crippen LogP contribution >= 0.6 is 0 Å². The fourth-order valence-electron chi connectivity index (χ4n) is 1.67. The Labute approximate surface area is 97.7 Å². The van der Waals surface area contributed by atoms with Gasteiger partial charge in [0.25, 0.3) is 0 Å². The Kier molecular flexibility index (Phi) is 2.79. The molecule has 0 bridgehead atoms. The third-order valence-corrected chi connectivity index (χ3v) is 2.75. The summed E-state index contributed by atoms with van der Waals surface area (Å²) in [4.78, 5) is 22.3. The van der Waals surface area contributed by atoms with Crippen molar-refractivity contribution in [1.29, 1.82) is 5.26 Å². The monoisotopic (exact) mass is 230 g/mol. The number of nitrogens with one attached hydrogen (secondary N) is 1. The number of aliphatic carboxylic acids is 1. The van der Waals surface area contributed by atoms with Gasteiger partial charge >= 0.3 is 5.97 Å². The molecule has 1 saturated carbocycles. The molecule has 1 amide bonds. The average Bonchev–Trinajstić information content (AvgIpc) is 3.09. The highest BCUT2D eigenvalue weighted by Gasteiger charge is 2.48. The predicted octanol–water partition coefficient (Wildman–Crippen LogP) is 1.22. The molecule has 0 aliphatic heterocycles. The molecular formula is C12H10N2O3. The molecule has 0 saturated heterocycles. The van der Waals surface area contributed by atoms with Crippen LogP contribution in [0.3, 0.4) is 0 Å². The van der Waals surface area contributed by atoms with Crippen molar-refractivity contribution in [2.45, 2.75) is 6.42 Å². The zero-order valence-corrected chi connectivity index (χ0v) is 8.88. The molecule has 1 aromatic carbocycles. The van der Waals surface area contributed by atoms with E-state index in [1.54, 1.807) is 24.3 Å². The first-order valence-electron chi connectivity index (χ1n) is 5.16. The Hall–Kier alpha value is -2.35. The number of carbonyl (C=O) groups is 2. The Balaban J connectivity index is 2.05. The van der Waals surface area contributed by atoms with E-state index in [4.69, 9.17) is 10.4 Å². The van der Waals surface area contributed by atoms with E-state index in [9.17, 15) is 9.59 Å². The van der Waals surface area contributed by atoms with Crippen molar-refractivity contribution in [2.24, 2.45) is 11.8 Å². The maximum atomic E-state index is 11.7. The van der Waals surface area contributed by atoms with Crippen LogP contribution in [0.4, 0.5) is 5.69 Å². The maximum absolute atomic E-state index is 11.7. The minimum Gasteiger partial charge on any atom is -0.481 e. The molecule has 2 rings (SSSR count). The highest BCUT2D eigenvalue weighted by Crippen LogP contribution is 2.39. The zero-order chi connectivity index (χ0) is 12.4. The zero-order valence-electron chi connectivity index (χ0n) is 8.88. The Bertz CT molecular complexity index is 519. The van der Waals surface area contributed by atoms with Crippen LogP contribution in [0.1, 0.15) is 12.0 Å². The van der Waals surface area contributed by atoms with Crippen LogP contribution in [-0.2, 0) is 9.59 Å². The van der Waals surface area contributed by atoms with E-state index >= 15 is 0 Å². The van der Waals surface area contributed by atoms with E-state index in [1.165, 1.54) is 0 Å². The lowest BCUT2D eigenvalue weighted by atomic mass is 10.2. The molecule has 1 aromatic rings. The number of nitrogens with zero attached hydrogens (tertiary/aromatic N) is 1. The van der Waals surface area contributed by atoms with Crippen molar-refractivity contribution >= 4 is 17.6 Å². The van der Waals surface area contributed by atoms with E-state index < -0.39 is 17.8 Å². The predicted molar refractivity (Wildman–Crippen MR) is 59.0 cm³/mol. The number of hydrogen-bond acceptors (Lipinski definition) is 3. The first-order valence-corrected chi connectivity index (χ1v) is 5.16. The van der Waals surface area contributed by atoms with Crippen molar-refractivity contribution < 1.29 is 14.7 Å². The van der Waals surface area contributed by atoms with Crippen LogP contribution in [0, 0.1) is 23.2 Å². The third-order valence-electron chi connectivity index (χ3n) is 2.75. The van der Waals surface area contributed by atoms with Gasteiger partial charge in [-0.25, -0.2) is 0 Å². The second-order valence-electron chi connectivity index (χ2n) is 3.93. The van der Waals surface area contributed by atoms with Crippen LogP contribution in [0.5, 0.6) is 0 Å². The highest BCUT2D eigenvalue weighted by atomic mass is 16.4. The van der Waals surface area contributed by atoms with Gasteiger partial charge < -0.3 is 10.4 Å². The Morgan fingerprint density at radius 1 is 1.35 bits per heavy atom. The first kappa shape index (κ1) is 11.1. The largest absolute Gasteiger partial charge is 0.481 e. The maximum Gasteiger partial charge on any atom is 0.307 e. The van der Waals surface area contributed by atoms with Gasteiger partial charge in [0.05, 0.1) is 23.1 Å². The topological polar surface area (TPSA) is 90.2 Å². The minimum absolute atomic E-state index is 0.333. The van der Waals surface area contributed by atoms with Crippen molar-refractivity contribution in [2.75, 3.05) is 5.32 Å². The number of carboxylic acid groups (broad SMARTS) is 1. The van der Waals surface area contributed by atoms with Crippen molar-refractivity contribution in [3.05, 3.63) is 29.8 Å². The summed E-state index contributed by atoms with van der Waals surface area (Å²) < 4.78 is 0. The summed E-state index contributed by atoms with van der Waals surface area (Å²) in [5.41, 5.74) is 0.796. The van der Waals surface area contributed by atoms with Gasteiger partial charge in [0.2, 0.25) is 5.91 Å². The van der Waals surface area contributed by atoms with Crippen molar-refractivity contribution in [3.63, 3.8) is 0 Å². The summed E-state index contributed by atoms with van der Waals surface area (Å²) in [5.74, 6) is -2.33. The van der Waals surface area contributed by atoms with Gasteiger partial charge in [0.15, 0.2) is 0 Å². The van der Waals surface area contributed by atoms with Crippen LogP contribution < -0.4 is 5.32 Å². The number of rotatable bonds is 3. The van der Waals surface area contributed by atoms with Gasteiger partial charge in [-0.05, 0) is 18.6 Å². The number of carbonyl (C=O) groups excluding carboxylic acids is 1. The van der Waals surface area contributed by atoms with E-state index in [-0.39, 0.29) is 5.91 Å². The lowest BCUT2D eigenvalue weighted by Gasteiger charge is -2.05. The summed E-state index contributed by atoms with van der Waals surface area (Å²) in [6, 6.07) is 8.58. The van der Waals surface area contributed by atoms with Gasteiger partial charge in [-0.2, -0.15) is 5.26 Å². The minimum atomic E-state index is -0.946. The standard InChI is InChI=1S/C12H10N2O3/c13-6-7-3-1-2-4-10(7)14-11(15)8-5-9(8)12(16)17/h1-4,8-9H,5H2,(H,14,15)(H,16,17)/t8-,9+/m1/s1. The number of nitriles is 1. The first-order chi connectivity index (χ1) is 8.13. The lowest BCUT2D eigenvalue weighted by Crippen LogP contribution is -2.17. The number of benzene rings is 1. The van der Waals surface area contributed by atoms with Gasteiger partial charge in [-0.15, -0.1) is 0 Å². The molecule has 0 spiro atoms. The molecular weight excluding hydrogens is 220 g/mol. The number of amides is 1. The molecule has 2 N–H and O–H groups in total. The molecule has 0 radical (unpaired) electrons. The Morgan fingerprint density at radius 2 is 2.06 bits per heavy atom. The molecule has 1 aliphatic carbocycles. The molecule has 5 nitrogen and oxygen atoms in total. The molecule has 2 atom stereocenters. The SMILES string of the molecule is N#Cc1ccccc1NC(=O)[C@@H]1C[C@@H]1C(=O)O. The summed E-state index contributed by atoms with van der Waals surface area (Å²) >= 11 is 0. The number of hydrogen-bond donors (Lipinski definition) is 2. The van der Waals surface area contributed by atoms with Gasteiger partial charge in [-0.3, -0.25) is 9.59 Å². The van der Waals surface area contributed by atoms with Crippen molar-refractivity contribution in [3.8, 4) is 6.07 Å². The second kappa shape index (κ2) is 4.26. The molecule has 17 heavy (non-hydrogen) atoms. The summed E-state index contributed by atoms with van der Waals surface area (Å²) in [6.45, 7) is 0. The normalized spacial score (nSPS) is 21.4. The Morgan fingerprint density at radius 3 is 2.65 bits per heavy atom. The molecule has 86 valence electrons. The number of carboxylic acids is 1. The molecule has 0 aromatic heterocycles. The van der Waals surface area contributed by atoms with E-state index in [1.807, 2.05) is 6.07 Å². The van der Waals surface area contributed by atoms with Crippen LogP contribution in [0.15, 0.2) is 24.3 Å². The number of anilines is 1. The summed E-state index contributed by atoms with van der Waals surface area (Å²) in [6.07, 6.45) is 0.371. The van der Waals surface area contributed by atoms with Crippen LogP contribution in [0.25, 0.3) is 0 Å². The molecule has 5 heteroatoms. The number of para-hydroxylation sites is 1.